The lowest BCUT2D eigenvalue weighted by atomic mass is 9.98. The Kier molecular flexibility index (Phi) is 10.3. The normalized spacial score (nSPS) is 18.6. The van der Waals surface area contributed by atoms with Gasteiger partial charge in [0.15, 0.2) is 0 Å². The van der Waals surface area contributed by atoms with Crippen LogP contribution in [0.5, 0.6) is 0 Å². The summed E-state index contributed by atoms with van der Waals surface area (Å²) in [5.74, 6) is 1.09. The van der Waals surface area contributed by atoms with Crippen LogP contribution in [0.15, 0.2) is 0 Å². The Balaban J connectivity index is 4.50. The van der Waals surface area contributed by atoms with Gasteiger partial charge in [0.05, 0.1) is 6.10 Å². The van der Waals surface area contributed by atoms with Crippen molar-refractivity contribution in [2.45, 2.75) is 78.6 Å². The van der Waals surface area contributed by atoms with Crippen molar-refractivity contribution >= 4 is 28.9 Å². The zero-order chi connectivity index (χ0) is 15.1. The standard InChI is InChI=1S/C14H31O2PS2/c1-7-13(8-2)11(5)16-17(15,18)19-12(6)14(9-3)10-4/h11-14H,7-10H2,1-6H3,(H,15,18). The molecule has 2 nitrogen and oxygen atoms in total. The molecule has 0 rings (SSSR count). The molecule has 0 aromatic carbocycles. The molecule has 0 spiro atoms. The maximum atomic E-state index is 10.4. The molecule has 0 saturated carbocycles. The van der Waals surface area contributed by atoms with Crippen molar-refractivity contribution in [3.8, 4) is 0 Å². The van der Waals surface area contributed by atoms with Crippen molar-refractivity contribution in [1.29, 1.82) is 0 Å². The van der Waals surface area contributed by atoms with Crippen LogP contribution >= 0.6 is 17.1 Å². The van der Waals surface area contributed by atoms with Gasteiger partial charge in [0.1, 0.15) is 0 Å². The highest BCUT2D eigenvalue weighted by Crippen LogP contribution is 2.60. The number of hydrogen-bond donors (Lipinski definition) is 1. The summed E-state index contributed by atoms with van der Waals surface area (Å²) in [6.45, 7) is 12.9. The van der Waals surface area contributed by atoms with Crippen LogP contribution in [0.25, 0.3) is 0 Å². The molecule has 0 aliphatic rings. The van der Waals surface area contributed by atoms with E-state index in [2.05, 4.69) is 34.6 Å². The van der Waals surface area contributed by atoms with Gasteiger partial charge in [0.2, 0.25) is 5.69 Å². The SMILES string of the molecule is CCC(CC)C(C)OP(O)(=S)SC(C)C(CC)CC. The van der Waals surface area contributed by atoms with Crippen LogP contribution in [-0.2, 0) is 16.3 Å². The van der Waals surface area contributed by atoms with Crippen molar-refractivity contribution in [1.82, 2.24) is 0 Å². The first-order valence-corrected chi connectivity index (χ1v) is 11.7. The Morgan fingerprint density at radius 1 is 1.00 bits per heavy atom. The summed E-state index contributed by atoms with van der Waals surface area (Å²) in [4.78, 5) is 10.4. The molecule has 5 heteroatoms. The van der Waals surface area contributed by atoms with Gasteiger partial charge >= 0.3 is 0 Å². The first-order chi connectivity index (χ1) is 8.81. The van der Waals surface area contributed by atoms with E-state index >= 15 is 0 Å². The number of rotatable bonds is 10. The minimum Gasteiger partial charge on any atom is -0.337 e. The Morgan fingerprint density at radius 2 is 1.42 bits per heavy atom. The Bertz CT molecular complexity index is 255. The fourth-order valence-electron chi connectivity index (χ4n) is 2.52. The predicted molar refractivity (Wildman–Crippen MR) is 92.2 cm³/mol. The second-order valence-electron chi connectivity index (χ2n) is 5.24. The molecule has 0 radical (unpaired) electrons. The summed E-state index contributed by atoms with van der Waals surface area (Å²) < 4.78 is 5.84. The predicted octanol–water partition coefficient (Wildman–Crippen LogP) is 5.60. The fourth-order valence-corrected chi connectivity index (χ4v) is 8.10. The average Bonchev–Trinajstić information content (AvgIpc) is 2.30. The molecule has 0 saturated heterocycles. The highest BCUT2D eigenvalue weighted by Gasteiger charge is 2.27. The summed E-state index contributed by atoms with van der Waals surface area (Å²) in [7, 11) is 0. The molecule has 0 amide bonds. The van der Waals surface area contributed by atoms with Crippen molar-refractivity contribution in [2.75, 3.05) is 0 Å². The molecule has 1 N–H and O–H groups in total. The van der Waals surface area contributed by atoms with Gasteiger partial charge < -0.3 is 9.42 Å². The van der Waals surface area contributed by atoms with E-state index < -0.39 is 5.69 Å². The van der Waals surface area contributed by atoms with Crippen LogP contribution in [0.3, 0.4) is 0 Å². The second kappa shape index (κ2) is 9.78. The molecule has 19 heavy (non-hydrogen) atoms. The van der Waals surface area contributed by atoms with E-state index in [-0.39, 0.29) is 6.10 Å². The molecule has 0 aliphatic carbocycles. The summed E-state index contributed by atoms with van der Waals surface area (Å²) in [6, 6.07) is 0. The van der Waals surface area contributed by atoms with Crippen LogP contribution in [0.4, 0.5) is 0 Å². The van der Waals surface area contributed by atoms with Gasteiger partial charge in [-0.25, -0.2) is 0 Å². The lowest BCUT2D eigenvalue weighted by Crippen LogP contribution is -2.19. The van der Waals surface area contributed by atoms with E-state index in [0.29, 0.717) is 17.1 Å². The molecule has 0 aromatic rings. The van der Waals surface area contributed by atoms with Crippen LogP contribution < -0.4 is 0 Å². The average molecular weight is 327 g/mol. The highest BCUT2D eigenvalue weighted by atomic mass is 32.9. The lowest BCUT2D eigenvalue weighted by Gasteiger charge is -2.29. The molecule has 0 bridgehead atoms. The fraction of sp³-hybridized carbons (Fsp3) is 1.00. The zero-order valence-corrected chi connectivity index (χ0v) is 15.8. The Morgan fingerprint density at radius 3 is 1.79 bits per heavy atom. The van der Waals surface area contributed by atoms with E-state index in [0.717, 1.165) is 25.7 Å². The van der Waals surface area contributed by atoms with E-state index in [9.17, 15) is 4.89 Å². The largest absolute Gasteiger partial charge is 0.337 e. The first-order valence-electron chi connectivity index (χ1n) is 7.50. The van der Waals surface area contributed by atoms with Gasteiger partial charge in [-0.05, 0) is 30.6 Å². The van der Waals surface area contributed by atoms with Gasteiger partial charge in [-0.15, -0.1) is 0 Å². The minimum atomic E-state index is -2.72. The monoisotopic (exact) mass is 326 g/mol. The summed E-state index contributed by atoms with van der Waals surface area (Å²) in [6.07, 6.45) is 4.44. The van der Waals surface area contributed by atoms with Crippen LogP contribution in [0.1, 0.15) is 67.2 Å². The Labute approximate surface area is 129 Å². The quantitative estimate of drug-likeness (QED) is 0.529. The highest BCUT2D eigenvalue weighted by molar-refractivity contribution is 8.67. The van der Waals surface area contributed by atoms with Gasteiger partial charge in [0, 0.05) is 5.25 Å². The summed E-state index contributed by atoms with van der Waals surface area (Å²) >= 11 is 6.82. The summed E-state index contributed by atoms with van der Waals surface area (Å²) in [5.41, 5.74) is -2.72. The summed E-state index contributed by atoms with van der Waals surface area (Å²) in [5, 5.41) is 0.361. The van der Waals surface area contributed by atoms with E-state index in [4.69, 9.17) is 16.3 Å². The van der Waals surface area contributed by atoms with Crippen molar-refractivity contribution in [3.63, 3.8) is 0 Å². The van der Waals surface area contributed by atoms with Crippen LogP contribution in [0, 0.1) is 11.8 Å². The second-order valence-corrected chi connectivity index (χ2v) is 11.6. The van der Waals surface area contributed by atoms with Crippen molar-refractivity contribution in [3.05, 3.63) is 0 Å². The van der Waals surface area contributed by atoms with Gasteiger partial charge in [-0.1, -0.05) is 71.7 Å². The molecule has 116 valence electrons. The van der Waals surface area contributed by atoms with E-state index in [1.54, 1.807) is 0 Å². The van der Waals surface area contributed by atoms with Crippen LogP contribution in [-0.4, -0.2) is 16.2 Å². The molecule has 3 atom stereocenters. The maximum Gasteiger partial charge on any atom is 0.245 e. The first kappa shape index (κ1) is 19.9. The van der Waals surface area contributed by atoms with Crippen molar-refractivity contribution < 1.29 is 9.42 Å². The molecular formula is C14H31O2PS2. The van der Waals surface area contributed by atoms with Crippen LogP contribution in [0.2, 0.25) is 0 Å². The van der Waals surface area contributed by atoms with Gasteiger partial charge in [-0.2, -0.15) is 0 Å². The molecule has 0 heterocycles. The smallest absolute Gasteiger partial charge is 0.245 e. The third-order valence-corrected chi connectivity index (χ3v) is 8.69. The third-order valence-electron chi connectivity index (χ3n) is 4.02. The molecule has 3 unspecified atom stereocenters. The van der Waals surface area contributed by atoms with Gasteiger partial charge in [0.25, 0.3) is 0 Å². The topological polar surface area (TPSA) is 29.5 Å². The molecule has 0 aromatic heterocycles. The number of hydrogen-bond acceptors (Lipinski definition) is 3. The lowest BCUT2D eigenvalue weighted by molar-refractivity contribution is 0.151. The third kappa shape index (κ3) is 7.47. The van der Waals surface area contributed by atoms with Gasteiger partial charge in [-0.3, -0.25) is 0 Å². The molecular weight excluding hydrogens is 295 g/mol. The van der Waals surface area contributed by atoms with E-state index in [1.807, 2.05) is 6.92 Å². The maximum absolute atomic E-state index is 10.4. The minimum absolute atomic E-state index is 0.0484. The van der Waals surface area contributed by atoms with E-state index in [1.165, 1.54) is 11.4 Å². The molecule has 0 aliphatic heterocycles. The Hall–Kier alpha value is 0.920. The molecule has 0 fully saturated rings. The zero-order valence-electron chi connectivity index (χ0n) is 13.3. The van der Waals surface area contributed by atoms with Crippen molar-refractivity contribution in [2.24, 2.45) is 11.8 Å².